The zero-order chi connectivity index (χ0) is 50.7. The second-order valence-corrected chi connectivity index (χ2v) is 16.3. The van der Waals surface area contributed by atoms with Gasteiger partial charge in [-0.1, -0.05) is 108 Å². The Balaban J connectivity index is 1.97. The molecule has 2 rings (SSSR count). The Morgan fingerprint density at radius 1 is 0.643 bits per heavy atom. The van der Waals surface area contributed by atoms with Crippen molar-refractivity contribution in [1.29, 1.82) is 0 Å². The van der Waals surface area contributed by atoms with E-state index in [2.05, 4.69) is 154 Å². The minimum atomic E-state index is -1.69. The molecule has 1 fully saturated rings. The van der Waals surface area contributed by atoms with Crippen molar-refractivity contribution in [3.05, 3.63) is 30.3 Å². The van der Waals surface area contributed by atoms with Crippen molar-refractivity contribution in [3.63, 3.8) is 0 Å². The van der Waals surface area contributed by atoms with Crippen LogP contribution < -0.4 is 10.6 Å². The number of carbonyl (C=O) groups excluding carboxylic acids is 2. The van der Waals surface area contributed by atoms with Crippen molar-refractivity contribution in [3.8, 4) is 143 Å². The average Bonchev–Trinajstić information content (AvgIpc) is 3.36. The van der Waals surface area contributed by atoms with Crippen LogP contribution in [0.15, 0.2) is 30.3 Å². The first-order valence-corrected chi connectivity index (χ1v) is 24.2. The van der Waals surface area contributed by atoms with Crippen molar-refractivity contribution in [2.24, 2.45) is 0 Å². The van der Waals surface area contributed by atoms with Gasteiger partial charge >= 0.3 is 0 Å². The van der Waals surface area contributed by atoms with E-state index >= 15 is 0 Å². The molecule has 8 atom stereocenters. The Morgan fingerprint density at radius 2 is 1.11 bits per heavy atom. The number of nitrogens with one attached hydrogen (secondary N) is 2. The third kappa shape index (κ3) is 29.0. The van der Waals surface area contributed by atoms with E-state index in [4.69, 9.17) is 15.9 Å². The number of para-hydroxylation sites is 1. The largest absolute Gasteiger partial charge is 0.390 e. The number of carbonyl (C=O) groups is 2. The molecule has 1 aromatic rings. The zero-order valence-electron chi connectivity index (χ0n) is 39.4. The Kier molecular flexibility index (Phi) is 33.7. The number of amides is 2. The molecule has 1 aliphatic heterocycles. The topological polar surface area (TPSA) is 178 Å². The van der Waals surface area contributed by atoms with E-state index < -0.39 is 61.5 Å². The summed E-state index contributed by atoms with van der Waals surface area (Å²) in [5.41, 5.74) is 0.625. The lowest BCUT2D eigenvalue weighted by Gasteiger charge is -2.41. The lowest BCUT2D eigenvalue weighted by Crippen LogP contribution is -2.60. The van der Waals surface area contributed by atoms with E-state index in [1.165, 1.54) is 44.9 Å². The summed E-state index contributed by atoms with van der Waals surface area (Å²) >= 11 is 1.14. The van der Waals surface area contributed by atoms with Crippen LogP contribution in [0.2, 0.25) is 0 Å². The second-order valence-electron chi connectivity index (χ2n) is 15.3. The molecule has 0 spiro atoms. The van der Waals surface area contributed by atoms with Crippen molar-refractivity contribution in [1.82, 2.24) is 5.32 Å². The lowest BCUT2D eigenvalue weighted by molar-refractivity contribution is -0.294. The summed E-state index contributed by atoms with van der Waals surface area (Å²) in [6.07, 6.45) is 8.47. The molecular weight excluding hydrogens is 901 g/mol. The number of unbranched alkanes of at least 4 members (excludes halogenated alkanes) is 11. The van der Waals surface area contributed by atoms with E-state index in [0.29, 0.717) is 12.1 Å². The Hall–Kier alpha value is -7.05. The Bertz CT molecular complexity index is 2580. The molecule has 11 nitrogen and oxygen atoms in total. The molecule has 0 aromatic heterocycles. The van der Waals surface area contributed by atoms with Crippen LogP contribution in [-0.4, -0.2) is 104 Å². The van der Waals surface area contributed by atoms with Gasteiger partial charge in [-0.3, -0.25) is 9.59 Å². The van der Waals surface area contributed by atoms with Crippen molar-refractivity contribution >= 4 is 29.3 Å². The third-order valence-electron chi connectivity index (χ3n) is 9.85. The molecule has 360 valence electrons. The van der Waals surface area contributed by atoms with Gasteiger partial charge < -0.3 is 45.6 Å². The number of hydrogen-bond acceptors (Lipinski definition) is 10. The normalized spacial score (nSPS) is 16.8. The number of anilines is 1. The molecule has 0 aliphatic carbocycles. The first-order valence-electron chi connectivity index (χ1n) is 23.0. The van der Waals surface area contributed by atoms with Crippen LogP contribution in [0.1, 0.15) is 96.8 Å². The fourth-order valence-corrected chi connectivity index (χ4v) is 7.18. The Labute approximate surface area is 419 Å². The molecule has 70 heavy (non-hydrogen) atoms. The minimum absolute atomic E-state index is 0.0187. The molecule has 2 amide bonds. The highest BCUT2D eigenvalue weighted by atomic mass is 32.2. The van der Waals surface area contributed by atoms with Crippen LogP contribution in [0, 0.1) is 143 Å². The number of benzene rings is 1. The number of ether oxygens (including phenoxy) is 2. The van der Waals surface area contributed by atoms with Gasteiger partial charge in [-0.25, -0.2) is 0 Å². The molecule has 2 unspecified atom stereocenters. The zero-order valence-corrected chi connectivity index (χ0v) is 40.2. The van der Waals surface area contributed by atoms with Gasteiger partial charge in [0, 0.05) is 47.0 Å². The van der Waals surface area contributed by atoms with E-state index in [9.17, 15) is 35.1 Å². The van der Waals surface area contributed by atoms with Gasteiger partial charge in [0.05, 0.1) is 37.0 Å². The van der Waals surface area contributed by atoms with Gasteiger partial charge in [-0.05, 0) is 113 Å². The lowest BCUT2D eigenvalue weighted by atomic mass is 9.98. The molecule has 0 radical (unpaired) electrons. The summed E-state index contributed by atoms with van der Waals surface area (Å²) in [4.78, 5) is 25.5. The standard InChI is InChI=1S/C58H58N2O9S/c1-3-5-7-9-11-13-15-17-18-19-20-21-22-23-24-25-26-27-29-31-33-35-40-44-52(62)60-49(54(64)50(61)43-39-34-32-30-28-16-14-12-10-8-6-4-2)45-68-58-57(67)56(66)55(65)51(69-58)46-70-47-53(63)59-48-41-37-36-38-42-48/h1,36-38,41-42,49-51,54-58,61,64-67H,4,6,8,10,12,14,16,28,30,32,34,39,43-47H2,2H3,(H,59,63)(H,60,62)/t49-,50+,51?,54-,55-,56?,57-,58-/m0/s1. The van der Waals surface area contributed by atoms with Crippen molar-refractivity contribution in [2.75, 3.05) is 23.4 Å². The number of thioether (sulfide) groups is 1. The first-order chi connectivity index (χ1) is 34.2. The summed E-state index contributed by atoms with van der Waals surface area (Å²) in [6, 6.07) is 7.71. The quantitative estimate of drug-likeness (QED) is 0.0567. The van der Waals surface area contributed by atoms with Crippen molar-refractivity contribution in [2.45, 2.75) is 146 Å². The highest BCUT2D eigenvalue weighted by Gasteiger charge is 2.44. The van der Waals surface area contributed by atoms with E-state index in [1.807, 2.05) is 6.07 Å². The maximum absolute atomic E-state index is 13.0. The monoisotopic (exact) mass is 958 g/mol. The molecule has 1 saturated heterocycles. The predicted octanol–water partition coefficient (Wildman–Crippen LogP) is 3.54. The van der Waals surface area contributed by atoms with Gasteiger partial charge in [0.25, 0.3) is 0 Å². The van der Waals surface area contributed by atoms with E-state index in [1.54, 1.807) is 24.3 Å². The van der Waals surface area contributed by atoms with Gasteiger partial charge in [0.1, 0.15) is 24.4 Å². The summed E-state index contributed by atoms with van der Waals surface area (Å²) in [5, 5.41) is 59.8. The number of hydrogen-bond donors (Lipinski definition) is 7. The molecule has 1 heterocycles. The SMILES string of the molecule is C#CC#CC#CC#CC#CC#CC#CC#CC#CC#CC#CC#CCC(=O)N[C@@H](CO[C@H]1OC(CSCC(=O)Nc2ccccc2)[C@H](O)C(O)[C@@H]1O)[C@H](O)[C@H](O)CCCCCCCCCCCCCC. The molecule has 7 N–H and O–H groups in total. The maximum atomic E-state index is 13.0. The highest BCUT2D eigenvalue weighted by molar-refractivity contribution is 8.00. The first kappa shape index (κ1) is 59.1. The molecule has 12 heteroatoms. The summed E-state index contributed by atoms with van der Waals surface area (Å²) in [5.74, 6) is 55.9. The molecular formula is C58H58N2O9S. The van der Waals surface area contributed by atoms with Crippen LogP contribution in [0.3, 0.4) is 0 Å². The number of aliphatic hydroxyl groups excluding tert-OH is 5. The number of rotatable bonds is 25. The molecule has 1 aromatic carbocycles. The van der Waals surface area contributed by atoms with Crippen molar-refractivity contribution < 1.29 is 44.6 Å². The van der Waals surface area contributed by atoms with Crippen LogP contribution in [-0.2, 0) is 19.1 Å². The summed E-state index contributed by atoms with van der Waals surface area (Å²) in [7, 11) is 0. The predicted molar refractivity (Wildman–Crippen MR) is 274 cm³/mol. The summed E-state index contributed by atoms with van der Waals surface area (Å²) < 4.78 is 11.6. The van der Waals surface area contributed by atoms with Crippen LogP contribution in [0.4, 0.5) is 5.69 Å². The fraction of sp³-hybridized carbons (Fsp3) is 0.448. The van der Waals surface area contributed by atoms with Gasteiger partial charge in [-0.2, -0.15) is 0 Å². The van der Waals surface area contributed by atoms with Crippen LogP contribution in [0.25, 0.3) is 0 Å². The number of aliphatic hydroxyl groups is 5. The Morgan fingerprint density at radius 3 is 1.61 bits per heavy atom. The number of terminal acetylenes is 1. The highest BCUT2D eigenvalue weighted by Crippen LogP contribution is 2.25. The van der Waals surface area contributed by atoms with Gasteiger partial charge in [-0.15, -0.1) is 18.2 Å². The molecule has 1 aliphatic rings. The van der Waals surface area contributed by atoms with Crippen LogP contribution >= 0.6 is 11.8 Å². The maximum Gasteiger partial charge on any atom is 0.234 e. The fourth-order valence-electron chi connectivity index (χ4n) is 6.29. The van der Waals surface area contributed by atoms with Crippen LogP contribution in [0.5, 0.6) is 0 Å². The molecule has 0 bridgehead atoms. The van der Waals surface area contributed by atoms with E-state index in [0.717, 1.165) is 37.4 Å². The second kappa shape index (κ2) is 39.9. The smallest absolute Gasteiger partial charge is 0.234 e. The van der Waals surface area contributed by atoms with Gasteiger partial charge in [0.2, 0.25) is 11.8 Å². The third-order valence-corrected chi connectivity index (χ3v) is 10.9. The molecule has 0 saturated carbocycles. The minimum Gasteiger partial charge on any atom is -0.390 e. The van der Waals surface area contributed by atoms with Gasteiger partial charge in [0.15, 0.2) is 6.29 Å². The summed E-state index contributed by atoms with van der Waals surface area (Å²) in [6.45, 7) is 1.77. The van der Waals surface area contributed by atoms with E-state index in [-0.39, 0.29) is 30.3 Å². The average molecular weight is 959 g/mol.